The van der Waals surface area contributed by atoms with Gasteiger partial charge in [-0.25, -0.2) is 4.79 Å². The van der Waals surface area contributed by atoms with Crippen LogP contribution < -0.4 is 10.2 Å². The Morgan fingerprint density at radius 1 is 1.08 bits per heavy atom. The van der Waals surface area contributed by atoms with Gasteiger partial charge in [-0.05, 0) is 47.6 Å². The quantitative estimate of drug-likeness (QED) is 0.844. The molecule has 2 rings (SSSR count). The molecule has 0 spiro atoms. The lowest BCUT2D eigenvalue weighted by atomic mass is 10.0. The lowest BCUT2D eigenvalue weighted by molar-refractivity contribution is -0.172. The number of ether oxygens (including phenoxy) is 2. The fourth-order valence-corrected chi connectivity index (χ4v) is 2.68. The number of nitrogens with one attached hydrogen (secondary N) is 1. The number of anilines is 1. The van der Waals surface area contributed by atoms with Crippen molar-refractivity contribution in [2.24, 2.45) is 0 Å². The monoisotopic (exact) mass is 334 g/mol. The smallest absolute Gasteiger partial charge is 0.410 e. The van der Waals surface area contributed by atoms with Gasteiger partial charge in [0.2, 0.25) is 0 Å². The van der Waals surface area contributed by atoms with E-state index in [9.17, 15) is 9.59 Å². The highest BCUT2D eigenvalue weighted by Crippen LogP contribution is 2.42. The number of carbonyl (C=O) groups excluding carboxylic acids is 2. The minimum Gasteiger partial charge on any atom is -0.444 e. The molecule has 1 atom stereocenters. The van der Waals surface area contributed by atoms with E-state index in [1.807, 2.05) is 39.0 Å². The molecule has 0 aromatic heterocycles. The summed E-state index contributed by atoms with van der Waals surface area (Å²) in [6.07, 6.45) is -0.704. The van der Waals surface area contributed by atoms with Crippen LogP contribution in [0.4, 0.5) is 10.5 Å². The van der Waals surface area contributed by atoms with Crippen molar-refractivity contribution < 1.29 is 19.1 Å². The molecule has 0 fully saturated rings. The Morgan fingerprint density at radius 2 is 1.67 bits per heavy atom. The number of hydrogen-bond donors (Lipinski definition) is 1. The molecule has 1 N–H and O–H groups in total. The molecule has 0 aliphatic carbocycles. The van der Waals surface area contributed by atoms with Crippen LogP contribution in [-0.2, 0) is 20.0 Å². The van der Waals surface area contributed by atoms with Crippen LogP contribution in [0.1, 0.15) is 47.1 Å². The van der Waals surface area contributed by atoms with Crippen molar-refractivity contribution in [3.8, 4) is 0 Å². The fraction of sp³-hybridized carbons (Fsp3) is 0.556. The number of nitrogens with zero attached hydrogens (tertiary/aromatic N) is 1. The molecule has 1 aliphatic heterocycles. The van der Waals surface area contributed by atoms with E-state index in [0.717, 1.165) is 0 Å². The summed E-state index contributed by atoms with van der Waals surface area (Å²) in [5, 5.41) is 2.67. The van der Waals surface area contributed by atoms with Crippen molar-refractivity contribution >= 4 is 17.7 Å². The zero-order chi connectivity index (χ0) is 18.3. The third-order valence-corrected chi connectivity index (χ3v) is 3.39. The van der Waals surface area contributed by atoms with Crippen LogP contribution in [-0.4, -0.2) is 30.3 Å². The number of amides is 2. The fourth-order valence-electron chi connectivity index (χ4n) is 2.68. The number of alkyl carbamates (subject to hydrolysis) is 1. The topological polar surface area (TPSA) is 67.9 Å². The highest BCUT2D eigenvalue weighted by molar-refractivity contribution is 6.07. The van der Waals surface area contributed by atoms with Crippen LogP contribution in [0.15, 0.2) is 24.3 Å². The van der Waals surface area contributed by atoms with Crippen LogP contribution in [0.2, 0.25) is 0 Å². The molecule has 24 heavy (non-hydrogen) atoms. The van der Waals surface area contributed by atoms with E-state index >= 15 is 0 Å². The summed E-state index contributed by atoms with van der Waals surface area (Å²) >= 11 is 0. The molecule has 1 aliphatic rings. The standard InChI is InChI=1S/C18H26N2O4/c1-16(2,3)23-15(22)19-18(24-17(4,5)6)12-10-8-9-11-13(12)20(7)14(18)21/h8-11H,1-7H3,(H,19,22)/t18-/m1/s1. The van der Waals surface area contributed by atoms with Gasteiger partial charge in [0.05, 0.1) is 11.3 Å². The predicted molar refractivity (Wildman–Crippen MR) is 91.7 cm³/mol. The molecule has 0 saturated carbocycles. The highest BCUT2D eigenvalue weighted by Gasteiger charge is 2.54. The lowest BCUT2D eigenvalue weighted by Gasteiger charge is -2.36. The molecule has 1 aromatic rings. The first-order chi connectivity index (χ1) is 10.9. The molecule has 1 aromatic carbocycles. The van der Waals surface area contributed by atoms with Crippen molar-refractivity contribution in [3.63, 3.8) is 0 Å². The van der Waals surface area contributed by atoms with Crippen LogP contribution in [0.3, 0.4) is 0 Å². The van der Waals surface area contributed by atoms with E-state index in [2.05, 4.69) is 5.32 Å². The minimum atomic E-state index is -1.61. The van der Waals surface area contributed by atoms with E-state index in [1.165, 1.54) is 4.90 Å². The average Bonchev–Trinajstić information content (AvgIpc) is 2.58. The molecule has 6 heteroatoms. The van der Waals surface area contributed by atoms with Crippen molar-refractivity contribution in [2.75, 3.05) is 11.9 Å². The van der Waals surface area contributed by atoms with Crippen molar-refractivity contribution in [1.29, 1.82) is 0 Å². The molecule has 1 heterocycles. The van der Waals surface area contributed by atoms with Gasteiger partial charge < -0.3 is 14.4 Å². The van der Waals surface area contributed by atoms with Gasteiger partial charge in [0.1, 0.15) is 5.60 Å². The zero-order valence-corrected chi connectivity index (χ0v) is 15.4. The van der Waals surface area contributed by atoms with Crippen molar-refractivity contribution in [1.82, 2.24) is 5.32 Å². The van der Waals surface area contributed by atoms with Crippen LogP contribution in [0.25, 0.3) is 0 Å². The number of likely N-dealkylation sites (N-methyl/N-ethyl adjacent to an activating group) is 1. The Bertz CT molecular complexity index is 658. The van der Waals surface area contributed by atoms with Gasteiger partial charge in [-0.15, -0.1) is 0 Å². The van der Waals surface area contributed by atoms with E-state index < -0.39 is 23.0 Å². The largest absolute Gasteiger partial charge is 0.444 e. The molecule has 2 amide bonds. The number of carbonyl (C=O) groups is 2. The second-order valence-corrected chi connectivity index (χ2v) is 7.90. The number of rotatable bonds is 2. The maximum absolute atomic E-state index is 13.0. The number of fused-ring (bicyclic) bond motifs is 1. The Labute approximate surface area is 143 Å². The summed E-state index contributed by atoms with van der Waals surface area (Å²) in [4.78, 5) is 26.9. The van der Waals surface area contributed by atoms with Crippen LogP contribution >= 0.6 is 0 Å². The molecular weight excluding hydrogens is 308 g/mol. The van der Waals surface area contributed by atoms with Gasteiger partial charge >= 0.3 is 6.09 Å². The number of para-hydroxylation sites is 1. The highest BCUT2D eigenvalue weighted by atomic mass is 16.6. The summed E-state index contributed by atoms with van der Waals surface area (Å²) in [7, 11) is 1.66. The first-order valence-corrected chi connectivity index (χ1v) is 7.95. The maximum atomic E-state index is 13.0. The molecule has 132 valence electrons. The molecule has 0 saturated heterocycles. The summed E-state index contributed by atoms with van der Waals surface area (Å²) < 4.78 is 11.4. The second-order valence-electron chi connectivity index (χ2n) is 7.90. The predicted octanol–water partition coefficient (Wildman–Crippen LogP) is 3.16. The summed E-state index contributed by atoms with van der Waals surface area (Å²) in [5.41, 5.74) is -1.66. The van der Waals surface area contributed by atoms with E-state index in [-0.39, 0.29) is 5.91 Å². The first-order valence-electron chi connectivity index (χ1n) is 7.95. The summed E-state index contributed by atoms with van der Waals surface area (Å²) in [6.45, 7) is 10.8. The van der Waals surface area contributed by atoms with Crippen LogP contribution in [0.5, 0.6) is 0 Å². The normalized spacial score (nSPS) is 20.8. The molecule has 0 bridgehead atoms. The third kappa shape index (κ3) is 3.53. The molecule has 0 unspecified atom stereocenters. The van der Waals surface area contributed by atoms with Gasteiger partial charge in [0.15, 0.2) is 0 Å². The lowest BCUT2D eigenvalue weighted by Crippen LogP contribution is -2.57. The van der Waals surface area contributed by atoms with Gasteiger partial charge in [-0.2, -0.15) is 0 Å². The van der Waals surface area contributed by atoms with Crippen molar-refractivity contribution in [2.45, 2.75) is 58.5 Å². The molecule has 6 nitrogen and oxygen atoms in total. The van der Waals surface area contributed by atoms with Gasteiger partial charge in [-0.3, -0.25) is 10.1 Å². The average molecular weight is 334 g/mol. The van der Waals surface area contributed by atoms with Gasteiger partial charge in [0, 0.05) is 12.6 Å². The van der Waals surface area contributed by atoms with E-state index in [1.54, 1.807) is 33.9 Å². The van der Waals surface area contributed by atoms with Gasteiger partial charge in [-0.1, -0.05) is 18.2 Å². The minimum absolute atomic E-state index is 0.357. The summed E-state index contributed by atoms with van der Waals surface area (Å²) in [6, 6.07) is 7.24. The Hall–Kier alpha value is -2.08. The third-order valence-electron chi connectivity index (χ3n) is 3.39. The second kappa shape index (κ2) is 5.77. The molecular formula is C18H26N2O4. The Balaban J connectivity index is 2.50. The Morgan fingerprint density at radius 3 is 2.21 bits per heavy atom. The zero-order valence-electron chi connectivity index (χ0n) is 15.4. The summed E-state index contributed by atoms with van der Waals surface area (Å²) in [5.74, 6) is -0.357. The van der Waals surface area contributed by atoms with Crippen molar-refractivity contribution in [3.05, 3.63) is 29.8 Å². The van der Waals surface area contributed by atoms with E-state index in [0.29, 0.717) is 11.3 Å². The van der Waals surface area contributed by atoms with E-state index in [4.69, 9.17) is 9.47 Å². The Kier molecular flexibility index (Phi) is 4.39. The van der Waals surface area contributed by atoms with Gasteiger partial charge in [0.25, 0.3) is 11.6 Å². The SMILES string of the molecule is CN1C(=O)[C@](NC(=O)OC(C)(C)C)(OC(C)(C)C)c2ccccc21. The molecule has 0 radical (unpaired) electrons. The first kappa shape index (κ1) is 18.3. The number of benzene rings is 1. The maximum Gasteiger partial charge on any atom is 0.410 e. The number of hydrogen-bond acceptors (Lipinski definition) is 4. The van der Waals surface area contributed by atoms with Crippen LogP contribution in [0, 0.1) is 0 Å².